The van der Waals surface area contributed by atoms with Gasteiger partial charge in [-0.25, -0.2) is 0 Å². The van der Waals surface area contributed by atoms with Gasteiger partial charge in [0.15, 0.2) is 0 Å². The Kier molecular flexibility index (Phi) is 7.07. The van der Waals surface area contributed by atoms with Crippen molar-refractivity contribution < 1.29 is 0 Å². The number of thioether (sulfide) groups is 1. The molecule has 158 valence electrons. The van der Waals surface area contributed by atoms with Crippen molar-refractivity contribution in [2.75, 3.05) is 5.75 Å². The summed E-state index contributed by atoms with van der Waals surface area (Å²) in [6.07, 6.45) is 0. The maximum Gasteiger partial charge on any atom is 0.0995 e. The molecular formula is C29H26N2S. The average molecular weight is 435 g/mol. The van der Waals surface area contributed by atoms with Crippen LogP contribution in [0, 0.1) is 11.3 Å². The molecule has 0 aromatic heterocycles. The molecule has 0 atom stereocenters. The van der Waals surface area contributed by atoms with Gasteiger partial charge in [-0.1, -0.05) is 104 Å². The van der Waals surface area contributed by atoms with Gasteiger partial charge in [0, 0.05) is 11.4 Å². The second-order valence-corrected chi connectivity index (χ2v) is 8.90. The van der Waals surface area contributed by atoms with Crippen LogP contribution >= 0.6 is 11.8 Å². The topological polar surface area (TPSA) is 35.8 Å². The first-order valence-corrected chi connectivity index (χ1v) is 11.8. The van der Waals surface area contributed by atoms with Gasteiger partial charge in [0.05, 0.1) is 17.2 Å². The number of benzene rings is 4. The van der Waals surface area contributed by atoms with E-state index in [4.69, 9.17) is 0 Å². The van der Waals surface area contributed by atoms with E-state index in [0.29, 0.717) is 6.54 Å². The number of nitrogens with zero attached hydrogens (tertiary/aromatic N) is 1. The highest BCUT2D eigenvalue weighted by Gasteiger charge is 2.35. The number of hydrogen-bond acceptors (Lipinski definition) is 3. The number of nitrogens with one attached hydrogen (secondary N) is 1. The third-order valence-electron chi connectivity index (χ3n) is 5.68. The van der Waals surface area contributed by atoms with E-state index in [9.17, 15) is 5.26 Å². The highest BCUT2D eigenvalue weighted by Crippen LogP contribution is 2.37. The van der Waals surface area contributed by atoms with Gasteiger partial charge in [0.2, 0.25) is 0 Å². The fourth-order valence-corrected chi connectivity index (χ4v) is 4.87. The normalized spacial score (nSPS) is 11.1. The Hall–Kier alpha value is -3.32. The summed E-state index contributed by atoms with van der Waals surface area (Å²) in [5.41, 5.74) is 4.66. The second kappa shape index (κ2) is 10.3. The molecule has 4 aromatic carbocycles. The summed E-state index contributed by atoms with van der Waals surface area (Å²) in [6, 6.07) is 40.2. The quantitative estimate of drug-likeness (QED) is 0.246. The Labute approximate surface area is 194 Å². The smallest absolute Gasteiger partial charge is 0.0995 e. The van der Waals surface area contributed by atoms with Crippen LogP contribution in [0.25, 0.3) is 0 Å². The SMILES string of the molecule is CCSc1ccc(CNC(c2ccccc2)(c2ccccc2)c2ccccc2)c(C#N)c1. The lowest BCUT2D eigenvalue weighted by molar-refractivity contribution is 0.470. The summed E-state index contributed by atoms with van der Waals surface area (Å²) in [4.78, 5) is 1.13. The van der Waals surface area contributed by atoms with E-state index in [0.717, 1.165) is 38.5 Å². The fourth-order valence-electron chi connectivity index (χ4n) is 4.17. The molecule has 4 aromatic rings. The molecule has 0 aliphatic heterocycles. The molecular weight excluding hydrogens is 408 g/mol. The first-order valence-electron chi connectivity index (χ1n) is 10.9. The molecule has 32 heavy (non-hydrogen) atoms. The molecule has 0 fully saturated rings. The van der Waals surface area contributed by atoms with Crippen molar-refractivity contribution in [3.63, 3.8) is 0 Å². The van der Waals surface area contributed by atoms with Crippen LogP contribution in [-0.4, -0.2) is 5.75 Å². The molecule has 0 saturated heterocycles. The first kappa shape index (κ1) is 21.9. The molecule has 3 heteroatoms. The van der Waals surface area contributed by atoms with E-state index >= 15 is 0 Å². The van der Waals surface area contributed by atoms with Gasteiger partial charge in [0.1, 0.15) is 0 Å². The number of nitriles is 1. The zero-order valence-corrected chi connectivity index (χ0v) is 19.0. The standard InChI is InChI=1S/C29H26N2S/c1-2-32-28-19-18-23(24(20-28)21-30)22-31-29(25-12-6-3-7-13-25,26-14-8-4-9-15-26)27-16-10-5-11-17-27/h3-20,31H,2,22H2,1H3. The lowest BCUT2D eigenvalue weighted by Gasteiger charge is -2.37. The van der Waals surface area contributed by atoms with Crippen LogP contribution in [0.3, 0.4) is 0 Å². The van der Waals surface area contributed by atoms with Gasteiger partial charge >= 0.3 is 0 Å². The van der Waals surface area contributed by atoms with Gasteiger partial charge in [0.25, 0.3) is 0 Å². The van der Waals surface area contributed by atoms with Gasteiger partial charge in [-0.15, -0.1) is 11.8 Å². The summed E-state index contributed by atoms with van der Waals surface area (Å²) in [5, 5.41) is 13.7. The minimum absolute atomic E-state index is 0.548. The van der Waals surface area contributed by atoms with Gasteiger partial charge in [-0.2, -0.15) is 5.26 Å². The van der Waals surface area contributed by atoms with Crippen molar-refractivity contribution in [1.82, 2.24) is 5.32 Å². The van der Waals surface area contributed by atoms with Crippen molar-refractivity contribution in [3.05, 3.63) is 137 Å². The maximum atomic E-state index is 9.80. The van der Waals surface area contributed by atoms with E-state index < -0.39 is 5.54 Å². The summed E-state index contributed by atoms with van der Waals surface area (Å²) >= 11 is 1.76. The molecule has 0 unspecified atom stereocenters. The van der Waals surface area contributed by atoms with E-state index in [2.05, 4.69) is 103 Å². The fraction of sp³-hybridized carbons (Fsp3) is 0.138. The second-order valence-electron chi connectivity index (χ2n) is 7.57. The Bertz CT molecular complexity index is 1090. The lowest BCUT2D eigenvalue weighted by atomic mass is 9.77. The number of hydrogen-bond donors (Lipinski definition) is 1. The largest absolute Gasteiger partial charge is 0.296 e. The van der Waals surface area contributed by atoms with Crippen molar-refractivity contribution in [3.8, 4) is 6.07 Å². The third-order valence-corrected chi connectivity index (χ3v) is 6.55. The Balaban J connectivity index is 1.83. The van der Waals surface area contributed by atoms with Gasteiger partial charge in [-0.3, -0.25) is 5.32 Å². The van der Waals surface area contributed by atoms with E-state index in [1.165, 1.54) is 0 Å². The minimum Gasteiger partial charge on any atom is -0.296 e. The van der Waals surface area contributed by atoms with Crippen LogP contribution in [0.15, 0.2) is 114 Å². The Morgan fingerprint density at radius 2 is 1.25 bits per heavy atom. The van der Waals surface area contributed by atoms with Crippen LogP contribution in [0.5, 0.6) is 0 Å². The summed E-state index contributed by atoms with van der Waals surface area (Å²) in [6.45, 7) is 2.69. The van der Waals surface area contributed by atoms with Gasteiger partial charge in [-0.05, 0) is 40.1 Å². The zero-order valence-electron chi connectivity index (χ0n) is 18.2. The molecule has 0 aliphatic carbocycles. The van der Waals surface area contributed by atoms with Crippen molar-refractivity contribution in [2.24, 2.45) is 0 Å². The van der Waals surface area contributed by atoms with Crippen LogP contribution in [0.2, 0.25) is 0 Å². The van der Waals surface area contributed by atoms with Gasteiger partial charge < -0.3 is 0 Å². The predicted octanol–water partition coefficient (Wildman–Crippen LogP) is 6.75. The summed E-state index contributed by atoms with van der Waals surface area (Å²) < 4.78 is 0. The van der Waals surface area contributed by atoms with E-state index in [1.54, 1.807) is 11.8 Å². The molecule has 0 heterocycles. The maximum absolute atomic E-state index is 9.80. The highest BCUT2D eigenvalue weighted by atomic mass is 32.2. The van der Waals surface area contributed by atoms with E-state index in [-0.39, 0.29) is 0 Å². The molecule has 1 N–H and O–H groups in total. The molecule has 0 aliphatic rings. The van der Waals surface area contributed by atoms with Crippen LogP contribution < -0.4 is 5.32 Å². The molecule has 0 bridgehead atoms. The highest BCUT2D eigenvalue weighted by molar-refractivity contribution is 7.99. The molecule has 0 saturated carbocycles. The average Bonchev–Trinajstić information content (AvgIpc) is 2.87. The van der Waals surface area contributed by atoms with Crippen LogP contribution in [0.4, 0.5) is 0 Å². The van der Waals surface area contributed by atoms with Crippen molar-refractivity contribution in [1.29, 1.82) is 5.26 Å². The molecule has 0 radical (unpaired) electrons. The Morgan fingerprint density at radius 3 is 1.69 bits per heavy atom. The molecule has 4 rings (SSSR count). The van der Waals surface area contributed by atoms with Crippen LogP contribution in [-0.2, 0) is 12.1 Å². The van der Waals surface area contributed by atoms with Crippen LogP contribution in [0.1, 0.15) is 34.7 Å². The monoisotopic (exact) mass is 434 g/mol. The molecule has 0 amide bonds. The van der Waals surface area contributed by atoms with E-state index in [1.807, 2.05) is 24.3 Å². The number of rotatable bonds is 8. The summed E-state index contributed by atoms with van der Waals surface area (Å²) in [7, 11) is 0. The Morgan fingerprint density at radius 1 is 0.750 bits per heavy atom. The molecule has 0 spiro atoms. The van der Waals surface area contributed by atoms with Crippen molar-refractivity contribution >= 4 is 11.8 Å². The molecule has 2 nitrogen and oxygen atoms in total. The van der Waals surface area contributed by atoms with Crippen molar-refractivity contribution in [2.45, 2.75) is 23.9 Å². The third kappa shape index (κ3) is 4.48. The zero-order chi connectivity index (χ0) is 22.2. The minimum atomic E-state index is -0.548. The lowest BCUT2D eigenvalue weighted by Crippen LogP contribution is -2.44. The summed E-state index contributed by atoms with van der Waals surface area (Å²) in [5.74, 6) is 0.988. The predicted molar refractivity (Wildman–Crippen MR) is 134 cm³/mol. The first-order chi connectivity index (χ1) is 15.8.